The lowest BCUT2D eigenvalue weighted by molar-refractivity contribution is -0.122. The van der Waals surface area contributed by atoms with E-state index in [1.165, 1.54) is 19.3 Å². The Morgan fingerprint density at radius 2 is 1.82 bits per heavy atom. The number of amidine groups is 1. The van der Waals surface area contributed by atoms with Gasteiger partial charge in [-0.15, -0.1) is 0 Å². The molecule has 0 bridgehead atoms. The largest absolute Gasteiger partial charge is 0.409 e. The van der Waals surface area contributed by atoms with Crippen LogP contribution in [0.4, 0.5) is 11.8 Å². The second kappa shape index (κ2) is 12.0. The van der Waals surface area contributed by atoms with Gasteiger partial charge in [-0.1, -0.05) is 61.5 Å². The summed E-state index contributed by atoms with van der Waals surface area (Å²) in [5.41, 5.74) is 7.21. The Labute approximate surface area is 222 Å². The van der Waals surface area contributed by atoms with Crippen molar-refractivity contribution in [2.24, 2.45) is 16.8 Å². The van der Waals surface area contributed by atoms with E-state index < -0.39 is 6.04 Å². The van der Waals surface area contributed by atoms with Crippen molar-refractivity contribution in [1.82, 2.24) is 19.9 Å². The SMILES string of the molecule is NC(=NO)c1ccc(CNC(=O)[C@@H](CC2CCCCC2)Nc2cc(-n3cccc3)nc(NC3CC3)n2)cc1. The van der Waals surface area contributed by atoms with E-state index in [1.807, 2.05) is 47.3 Å². The second-order valence-electron chi connectivity index (χ2n) is 10.3. The first-order chi connectivity index (χ1) is 18.6. The molecule has 2 saturated carbocycles. The fraction of sp³-hybridized carbons (Fsp3) is 0.429. The molecule has 0 saturated heterocycles. The van der Waals surface area contributed by atoms with Crippen molar-refractivity contribution in [3.8, 4) is 5.82 Å². The highest BCUT2D eigenvalue weighted by Gasteiger charge is 2.26. The molecule has 0 spiro atoms. The number of hydrogen-bond donors (Lipinski definition) is 5. The summed E-state index contributed by atoms with van der Waals surface area (Å²) in [6.07, 6.45) is 12.9. The first-order valence-electron chi connectivity index (χ1n) is 13.5. The number of oxime groups is 1. The van der Waals surface area contributed by atoms with Gasteiger partial charge in [-0.3, -0.25) is 4.79 Å². The highest BCUT2D eigenvalue weighted by atomic mass is 16.4. The third kappa shape index (κ3) is 6.81. The molecule has 5 rings (SSSR count). The number of anilines is 2. The topological polar surface area (TPSA) is 142 Å². The molecule has 0 radical (unpaired) electrons. The van der Waals surface area contributed by atoms with Gasteiger partial charge in [0.05, 0.1) is 0 Å². The maximum atomic E-state index is 13.5. The Morgan fingerprint density at radius 1 is 1.08 bits per heavy atom. The van der Waals surface area contributed by atoms with Gasteiger partial charge < -0.3 is 31.5 Å². The fourth-order valence-corrected chi connectivity index (χ4v) is 4.93. The van der Waals surface area contributed by atoms with Crippen LogP contribution >= 0.6 is 0 Å². The first-order valence-corrected chi connectivity index (χ1v) is 13.5. The zero-order chi connectivity index (χ0) is 26.3. The zero-order valence-electron chi connectivity index (χ0n) is 21.5. The van der Waals surface area contributed by atoms with Crippen molar-refractivity contribution in [3.05, 3.63) is 66.0 Å². The van der Waals surface area contributed by atoms with Gasteiger partial charge in [-0.25, -0.2) is 0 Å². The van der Waals surface area contributed by atoms with Gasteiger partial charge in [0, 0.05) is 36.6 Å². The number of nitrogens with two attached hydrogens (primary N) is 1. The van der Waals surface area contributed by atoms with Crippen molar-refractivity contribution in [2.75, 3.05) is 10.6 Å². The third-order valence-corrected chi connectivity index (χ3v) is 7.25. The van der Waals surface area contributed by atoms with E-state index in [1.54, 1.807) is 12.1 Å². The first kappa shape index (κ1) is 25.6. The van der Waals surface area contributed by atoms with Crippen LogP contribution in [0, 0.1) is 5.92 Å². The molecule has 200 valence electrons. The van der Waals surface area contributed by atoms with Crippen LogP contribution in [0.25, 0.3) is 5.82 Å². The van der Waals surface area contributed by atoms with Gasteiger partial charge in [0.1, 0.15) is 17.7 Å². The minimum atomic E-state index is -0.421. The summed E-state index contributed by atoms with van der Waals surface area (Å²) in [7, 11) is 0. The van der Waals surface area contributed by atoms with E-state index in [-0.39, 0.29) is 11.7 Å². The number of carbonyl (C=O) groups is 1. The molecule has 10 nitrogen and oxygen atoms in total. The van der Waals surface area contributed by atoms with E-state index in [0.717, 1.165) is 43.5 Å². The van der Waals surface area contributed by atoms with Gasteiger partial charge in [0.2, 0.25) is 11.9 Å². The van der Waals surface area contributed by atoms with Crippen LogP contribution in [0.3, 0.4) is 0 Å². The lowest BCUT2D eigenvalue weighted by Gasteiger charge is -2.27. The number of aromatic nitrogens is 3. The summed E-state index contributed by atoms with van der Waals surface area (Å²) >= 11 is 0. The molecule has 2 heterocycles. The molecule has 1 aromatic carbocycles. The Morgan fingerprint density at radius 3 is 2.50 bits per heavy atom. The van der Waals surface area contributed by atoms with E-state index in [0.29, 0.717) is 35.8 Å². The Hall–Kier alpha value is -4.08. The highest BCUT2D eigenvalue weighted by Crippen LogP contribution is 2.29. The van der Waals surface area contributed by atoms with Gasteiger partial charge in [0.25, 0.3) is 0 Å². The molecule has 38 heavy (non-hydrogen) atoms. The smallest absolute Gasteiger partial charge is 0.242 e. The van der Waals surface area contributed by atoms with Crippen LogP contribution < -0.4 is 21.7 Å². The number of nitrogens with zero attached hydrogens (tertiary/aromatic N) is 4. The van der Waals surface area contributed by atoms with Crippen molar-refractivity contribution in [1.29, 1.82) is 0 Å². The Balaban J connectivity index is 1.32. The lowest BCUT2D eigenvalue weighted by atomic mass is 9.84. The fourth-order valence-electron chi connectivity index (χ4n) is 4.93. The molecule has 3 aromatic rings. The van der Waals surface area contributed by atoms with Gasteiger partial charge in [-0.2, -0.15) is 9.97 Å². The summed E-state index contributed by atoms with van der Waals surface area (Å²) in [5.74, 6) is 2.45. The van der Waals surface area contributed by atoms with E-state index >= 15 is 0 Å². The Bertz CT molecular complexity index is 1230. The molecule has 0 unspecified atom stereocenters. The molecule has 10 heteroatoms. The van der Waals surface area contributed by atoms with Gasteiger partial charge in [0.15, 0.2) is 5.84 Å². The molecule has 1 atom stereocenters. The van der Waals surface area contributed by atoms with Crippen LogP contribution in [0.1, 0.15) is 62.5 Å². The molecule has 1 amide bonds. The van der Waals surface area contributed by atoms with Crippen LogP contribution in [-0.2, 0) is 11.3 Å². The maximum Gasteiger partial charge on any atom is 0.242 e. The van der Waals surface area contributed by atoms with Crippen LogP contribution in [0.2, 0.25) is 0 Å². The predicted octanol–water partition coefficient (Wildman–Crippen LogP) is 4.00. The Kier molecular flexibility index (Phi) is 8.06. The average Bonchev–Trinajstić information content (AvgIpc) is 3.58. The molecule has 2 aliphatic carbocycles. The molecular formula is C28H36N8O2. The van der Waals surface area contributed by atoms with E-state index in [4.69, 9.17) is 20.9 Å². The third-order valence-electron chi connectivity index (χ3n) is 7.25. The summed E-state index contributed by atoms with van der Waals surface area (Å²) in [6.45, 7) is 0.380. The van der Waals surface area contributed by atoms with Crippen LogP contribution in [-0.4, -0.2) is 43.6 Å². The number of benzene rings is 1. The van der Waals surface area contributed by atoms with E-state index in [2.05, 4.69) is 21.1 Å². The van der Waals surface area contributed by atoms with Crippen LogP contribution in [0.5, 0.6) is 0 Å². The molecule has 2 aliphatic rings. The normalized spacial score (nSPS) is 17.1. The number of hydrogen-bond acceptors (Lipinski definition) is 7. The molecule has 6 N–H and O–H groups in total. The number of rotatable bonds is 11. The zero-order valence-corrected chi connectivity index (χ0v) is 21.5. The lowest BCUT2D eigenvalue weighted by Crippen LogP contribution is -2.41. The number of amides is 1. The van der Waals surface area contributed by atoms with E-state index in [9.17, 15) is 4.79 Å². The van der Waals surface area contributed by atoms with Crippen molar-refractivity contribution in [2.45, 2.75) is 70.0 Å². The number of nitrogens with one attached hydrogen (secondary N) is 3. The molecule has 2 aromatic heterocycles. The standard InChI is InChI=1S/C28H36N8O2/c29-26(35-38)21-10-8-20(9-11-21)18-30-27(37)23(16-19-6-2-1-3-7-19)32-24-17-25(36-14-4-5-15-36)34-28(33-24)31-22-12-13-22/h4-5,8-11,14-15,17,19,22-23,38H,1-3,6-7,12-13,16,18H2,(H2,29,35)(H,30,37)(H2,31,32,33,34)/t23-/m1/s1. The summed E-state index contributed by atoms with van der Waals surface area (Å²) in [5, 5.41) is 21.8. The van der Waals surface area contributed by atoms with Gasteiger partial charge >= 0.3 is 0 Å². The minimum absolute atomic E-state index is 0.0528. The summed E-state index contributed by atoms with van der Waals surface area (Å²) in [4.78, 5) is 22.9. The predicted molar refractivity (Wildman–Crippen MR) is 147 cm³/mol. The molecular weight excluding hydrogens is 480 g/mol. The number of carbonyl (C=O) groups excluding carboxylic acids is 1. The van der Waals surface area contributed by atoms with Crippen molar-refractivity contribution in [3.63, 3.8) is 0 Å². The monoisotopic (exact) mass is 516 g/mol. The average molecular weight is 517 g/mol. The summed E-state index contributed by atoms with van der Waals surface area (Å²) in [6, 6.07) is 13.1. The quantitative estimate of drug-likeness (QED) is 0.112. The highest BCUT2D eigenvalue weighted by molar-refractivity contribution is 5.97. The van der Waals surface area contributed by atoms with Crippen LogP contribution in [0.15, 0.2) is 60.0 Å². The van der Waals surface area contributed by atoms with Crippen molar-refractivity contribution < 1.29 is 10.0 Å². The second-order valence-corrected chi connectivity index (χ2v) is 10.3. The molecule has 2 fully saturated rings. The van der Waals surface area contributed by atoms with Gasteiger partial charge in [-0.05, 0) is 42.9 Å². The summed E-state index contributed by atoms with van der Waals surface area (Å²) < 4.78 is 1.94. The minimum Gasteiger partial charge on any atom is -0.409 e. The maximum absolute atomic E-state index is 13.5. The van der Waals surface area contributed by atoms with Crippen molar-refractivity contribution >= 4 is 23.5 Å². The molecule has 0 aliphatic heterocycles.